The number of sulfonamides is 1. The lowest BCUT2D eigenvalue weighted by Crippen LogP contribution is -2.11. The molecule has 0 atom stereocenters. The molecule has 0 aliphatic rings. The molecule has 3 N–H and O–H groups in total. The minimum absolute atomic E-state index is 0.00197. The van der Waals surface area contributed by atoms with E-state index in [9.17, 15) is 13.5 Å². The number of azo groups is 1. The van der Waals surface area contributed by atoms with Gasteiger partial charge in [-0.1, -0.05) is 0 Å². The molecule has 3 aromatic rings. The van der Waals surface area contributed by atoms with Gasteiger partial charge in [0.25, 0.3) is 0 Å². The Labute approximate surface area is 136 Å². The zero-order valence-corrected chi connectivity index (χ0v) is 13.6. The Bertz CT molecular complexity index is 1030. The second-order valence-electron chi connectivity index (χ2n) is 4.88. The lowest BCUT2D eigenvalue weighted by Gasteiger charge is -1.99. The van der Waals surface area contributed by atoms with E-state index in [-0.39, 0.29) is 10.6 Å². The molecule has 0 aliphatic carbocycles. The van der Waals surface area contributed by atoms with Gasteiger partial charge in [-0.3, -0.25) is 0 Å². The van der Waals surface area contributed by atoms with Gasteiger partial charge in [-0.05, 0) is 60.4 Å². The van der Waals surface area contributed by atoms with Crippen molar-refractivity contribution in [1.29, 1.82) is 0 Å². The summed E-state index contributed by atoms with van der Waals surface area (Å²) in [6.07, 6.45) is 0. The van der Waals surface area contributed by atoms with Crippen LogP contribution < -0.4 is 5.14 Å². The van der Waals surface area contributed by atoms with E-state index in [2.05, 4.69) is 14.6 Å². The summed E-state index contributed by atoms with van der Waals surface area (Å²) < 4.78 is 27.1. The first-order valence-corrected chi connectivity index (χ1v) is 8.80. The summed E-state index contributed by atoms with van der Waals surface area (Å²) in [7, 11) is -3.79. The van der Waals surface area contributed by atoms with Crippen LogP contribution in [0.25, 0.3) is 10.9 Å². The summed E-state index contributed by atoms with van der Waals surface area (Å²) in [5, 5.41) is 23.9. The highest BCUT2D eigenvalue weighted by molar-refractivity contribution is 7.89. The number of aromatic hydroxyl groups is 1. The van der Waals surface area contributed by atoms with Crippen LogP contribution in [0.2, 0.25) is 0 Å². The zero-order chi connectivity index (χ0) is 16.6. The second kappa shape index (κ2) is 5.69. The third kappa shape index (κ3) is 3.21. The lowest BCUT2D eigenvalue weighted by atomic mass is 10.2. The summed E-state index contributed by atoms with van der Waals surface area (Å²) in [5.41, 5.74) is 1.88. The Hall–Kier alpha value is -2.36. The number of aryl methyl sites for hydroxylation is 1. The number of fused-ring (bicyclic) bond motifs is 1. The standard InChI is InChI=1S/C14H12N4O3S2/c1-8-6-9(2-5-13(8)19)16-17-14-11-7-10(23(15,20)21)3-4-12(11)18-22-14/h2-7,19H,1H3,(H2,15,20,21). The Morgan fingerprint density at radius 2 is 1.96 bits per heavy atom. The van der Waals surface area contributed by atoms with Crippen LogP contribution in [0, 0.1) is 6.92 Å². The summed E-state index contributed by atoms with van der Waals surface area (Å²) in [4.78, 5) is 0.00197. The highest BCUT2D eigenvalue weighted by Gasteiger charge is 2.12. The van der Waals surface area contributed by atoms with Gasteiger partial charge in [-0.15, -0.1) is 10.2 Å². The fourth-order valence-corrected chi connectivity index (χ4v) is 3.18. The maximum atomic E-state index is 11.4. The average molecular weight is 348 g/mol. The Morgan fingerprint density at radius 3 is 2.65 bits per heavy atom. The van der Waals surface area contributed by atoms with Crippen molar-refractivity contribution in [3.05, 3.63) is 42.0 Å². The van der Waals surface area contributed by atoms with Crippen molar-refractivity contribution in [3.8, 4) is 5.75 Å². The molecule has 0 amide bonds. The first-order chi connectivity index (χ1) is 10.8. The zero-order valence-electron chi connectivity index (χ0n) is 12.0. The number of nitrogens with two attached hydrogens (primary N) is 1. The molecule has 1 heterocycles. The molecule has 7 nitrogen and oxygen atoms in total. The molecule has 0 bridgehead atoms. The van der Waals surface area contributed by atoms with Gasteiger partial charge in [-0.25, -0.2) is 13.6 Å². The maximum absolute atomic E-state index is 11.4. The third-order valence-electron chi connectivity index (χ3n) is 3.19. The molecule has 0 saturated carbocycles. The number of benzene rings is 2. The van der Waals surface area contributed by atoms with Gasteiger partial charge >= 0.3 is 0 Å². The van der Waals surface area contributed by atoms with Crippen LogP contribution in [0.4, 0.5) is 10.7 Å². The largest absolute Gasteiger partial charge is 0.508 e. The van der Waals surface area contributed by atoms with E-state index in [1.165, 1.54) is 18.2 Å². The van der Waals surface area contributed by atoms with Gasteiger partial charge in [0.2, 0.25) is 10.0 Å². The number of nitrogens with zero attached hydrogens (tertiary/aromatic N) is 3. The van der Waals surface area contributed by atoms with E-state index in [1.807, 2.05) is 0 Å². The molecule has 9 heteroatoms. The minimum atomic E-state index is -3.79. The monoisotopic (exact) mass is 348 g/mol. The summed E-state index contributed by atoms with van der Waals surface area (Å²) in [6, 6.07) is 9.28. The molecule has 1 aromatic heterocycles. The lowest BCUT2D eigenvalue weighted by molar-refractivity contribution is 0.471. The summed E-state index contributed by atoms with van der Waals surface area (Å²) >= 11 is 1.11. The average Bonchev–Trinajstić information content (AvgIpc) is 2.90. The van der Waals surface area contributed by atoms with E-state index >= 15 is 0 Å². The van der Waals surface area contributed by atoms with Crippen LogP contribution in [0.3, 0.4) is 0 Å². The Morgan fingerprint density at radius 1 is 1.17 bits per heavy atom. The predicted molar refractivity (Wildman–Crippen MR) is 88.0 cm³/mol. The second-order valence-corrected chi connectivity index (χ2v) is 7.20. The fraction of sp³-hybridized carbons (Fsp3) is 0.0714. The number of rotatable bonds is 3. The number of hydrogen-bond acceptors (Lipinski definition) is 7. The van der Waals surface area contributed by atoms with Gasteiger partial charge in [0.15, 0.2) is 5.00 Å². The van der Waals surface area contributed by atoms with Gasteiger partial charge in [-0.2, -0.15) is 4.37 Å². The molecule has 118 valence electrons. The smallest absolute Gasteiger partial charge is 0.238 e. The number of phenols is 1. The van der Waals surface area contributed by atoms with Crippen LogP contribution in [-0.2, 0) is 10.0 Å². The molecule has 0 radical (unpaired) electrons. The van der Waals surface area contributed by atoms with Crippen LogP contribution in [0.5, 0.6) is 5.75 Å². The fourth-order valence-electron chi connectivity index (χ4n) is 1.96. The molecule has 0 spiro atoms. The van der Waals surface area contributed by atoms with E-state index in [0.717, 1.165) is 11.5 Å². The van der Waals surface area contributed by atoms with E-state index in [1.54, 1.807) is 25.1 Å². The van der Waals surface area contributed by atoms with Crippen LogP contribution >= 0.6 is 11.5 Å². The van der Waals surface area contributed by atoms with Crippen molar-refractivity contribution in [1.82, 2.24) is 4.37 Å². The van der Waals surface area contributed by atoms with E-state index in [4.69, 9.17) is 5.14 Å². The van der Waals surface area contributed by atoms with Crippen molar-refractivity contribution in [2.24, 2.45) is 15.4 Å². The SMILES string of the molecule is Cc1cc(N=Nc2snc3ccc(S(N)(=O)=O)cc23)ccc1O. The van der Waals surface area contributed by atoms with Gasteiger partial charge < -0.3 is 5.11 Å². The van der Waals surface area contributed by atoms with E-state index in [0.29, 0.717) is 27.2 Å². The molecule has 3 rings (SSSR count). The molecule has 0 saturated heterocycles. The number of aromatic nitrogens is 1. The highest BCUT2D eigenvalue weighted by Crippen LogP contribution is 2.33. The molecule has 23 heavy (non-hydrogen) atoms. The van der Waals surface area contributed by atoms with Crippen molar-refractivity contribution in [2.75, 3.05) is 0 Å². The summed E-state index contributed by atoms with van der Waals surface area (Å²) in [6.45, 7) is 1.76. The number of primary sulfonamides is 1. The molecule has 0 aliphatic heterocycles. The number of phenolic OH excluding ortho intramolecular Hbond substituents is 1. The maximum Gasteiger partial charge on any atom is 0.238 e. The highest BCUT2D eigenvalue weighted by atomic mass is 32.2. The first-order valence-electron chi connectivity index (χ1n) is 6.48. The first kappa shape index (κ1) is 15.5. The Balaban J connectivity index is 2.02. The molecular formula is C14H12N4O3S2. The van der Waals surface area contributed by atoms with Crippen molar-refractivity contribution in [3.63, 3.8) is 0 Å². The topological polar surface area (TPSA) is 118 Å². The van der Waals surface area contributed by atoms with Crippen molar-refractivity contribution >= 4 is 43.1 Å². The molecule has 0 unspecified atom stereocenters. The number of hydrogen-bond donors (Lipinski definition) is 2. The Kier molecular flexibility index (Phi) is 3.84. The predicted octanol–water partition coefficient (Wildman–Crippen LogP) is 3.37. The molecular weight excluding hydrogens is 336 g/mol. The van der Waals surface area contributed by atoms with Gasteiger partial charge in [0.05, 0.1) is 16.1 Å². The van der Waals surface area contributed by atoms with Crippen molar-refractivity contribution in [2.45, 2.75) is 11.8 Å². The van der Waals surface area contributed by atoms with Crippen molar-refractivity contribution < 1.29 is 13.5 Å². The summed E-state index contributed by atoms with van der Waals surface area (Å²) in [5.74, 6) is 0.185. The normalized spacial score (nSPS) is 12.3. The molecule has 0 fully saturated rings. The quantitative estimate of drug-likeness (QED) is 0.705. The van der Waals surface area contributed by atoms with Crippen LogP contribution in [-0.4, -0.2) is 17.9 Å². The minimum Gasteiger partial charge on any atom is -0.508 e. The molecule has 2 aromatic carbocycles. The van der Waals surface area contributed by atoms with E-state index < -0.39 is 10.0 Å². The van der Waals surface area contributed by atoms with Gasteiger partial charge in [0, 0.05) is 5.39 Å². The van der Waals surface area contributed by atoms with Gasteiger partial charge in [0.1, 0.15) is 5.75 Å². The van der Waals surface area contributed by atoms with Crippen LogP contribution in [0.15, 0.2) is 51.5 Å². The third-order valence-corrected chi connectivity index (χ3v) is 4.87. The van der Waals surface area contributed by atoms with Crippen LogP contribution in [0.1, 0.15) is 5.56 Å².